The molecule has 1 aromatic carbocycles. The number of aromatic nitrogens is 1. The fourth-order valence-electron chi connectivity index (χ4n) is 1.89. The average Bonchev–Trinajstić information content (AvgIpc) is 2.86. The lowest BCUT2D eigenvalue weighted by molar-refractivity contribution is 0.792. The van der Waals surface area contributed by atoms with Crippen LogP contribution in [0.1, 0.15) is 6.42 Å². The van der Waals surface area contributed by atoms with Gasteiger partial charge in [0.1, 0.15) is 0 Å². The van der Waals surface area contributed by atoms with Crippen molar-refractivity contribution < 1.29 is 0 Å². The molecule has 1 aromatic heterocycles. The summed E-state index contributed by atoms with van der Waals surface area (Å²) in [6, 6.07) is 8.81. The molecule has 3 rings (SSSR count). The van der Waals surface area contributed by atoms with Crippen molar-refractivity contribution in [1.82, 2.24) is 10.3 Å². The predicted molar refractivity (Wildman–Crippen MR) is 79.0 cm³/mol. The SMILES string of the molecule is Cl.Cl.c1ccc2sc(NC3CCNC3)nc2c1. The Kier molecular flexibility index (Phi) is 5.46. The molecule has 94 valence electrons. The van der Waals surface area contributed by atoms with Gasteiger partial charge in [0.05, 0.1) is 10.2 Å². The van der Waals surface area contributed by atoms with Crippen molar-refractivity contribution in [2.45, 2.75) is 12.5 Å². The fraction of sp³-hybridized carbons (Fsp3) is 0.364. The van der Waals surface area contributed by atoms with Crippen molar-refractivity contribution in [3.63, 3.8) is 0 Å². The molecule has 0 spiro atoms. The number of nitrogens with one attached hydrogen (secondary N) is 2. The molecule has 0 bridgehead atoms. The van der Waals surface area contributed by atoms with Crippen LogP contribution in [-0.4, -0.2) is 24.1 Å². The molecule has 2 aromatic rings. The van der Waals surface area contributed by atoms with E-state index < -0.39 is 0 Å². The van der Waals surface area contributed by atoms with Gasteiger partial charge in [-0.05, 0) is 25.1 Å². The van der Waals surface area contributed by atoms with Gasteiger partial charge in [0.2, 0.25) is 0 Å². The third kappa shape index (κ3) is 3.22. The Morgan fingerprint density at radius 1 is 1.29 bits per heavy atom. The molecule has 0 amide bonds. The standard InChI is InChI=1S/C11H13N3S.2ClH/c1-2-4-10-9(3-1)14-11(15-10)13-8-5-6-12-7-8;;/h1-4,8,12H,5-7H2,(H,13,14);2*1H. The highest BCUT2D eigenvalue weighted by Crippen LogP contribution is 2.26. The lowest BCUT2D eigenvalue weighted by Gasteiger charge is -2.08. The zero-order valence-electron chi connectivity index (χ0n) is 9.18. The Morgan fingerprint density at radius 3 is 2.82 bits per heavy atom. The summed E-state index contributed by atoms with van der Waals surface area (Å²) >= 11 is 1.73. The summed E-state index contributed by atoms with van der Waals surface area (Å²) in [6.07, 6.45) is 1.19. The molecule has 1 unspecified atom stereocenters. The molecule has 0 radical (unpaired) electrons. The minimum Gasteiger partial charge on any atom is -0.357 e. The van der Waals surface area contributed by atoms with Crippen molar-refractivity contribution in [3.05, 3.63) is 24.3 Å². The van der Waals surface area contributed by atoms with Gasteiger partial charge in [-0.2, -0.15) is 0 Å². The summed E-state index contributed by atoms with van der Waals surface area (Å²) in [4.78, 5) is 4.56. The highest BCUT2D eigenvalue weighted by atomic mass is 35.5. The summed E-state index contributed by atoms with van der Waals surface area (Å²) in [5, 5.41) is 7.86. The van der Waals surface area contributed by atoms with E-state index in [0.29, 0.717) is 6.04 Å². The summed E-state index contributed by atoms with van der Waals surface area (Å²) < 4.78 is 1.26. The average molecular weight is 292 g/mol. The third-order valence-electron chi connectivity index (χ3n) is 2.68. The molecular formula is C11H15Cl2N3S. The van der Waals surface area contributed by atoms with Crippen LogP contribution in [-0.2, 0) is 0 Å². The van der Waals surface area contributed by atoms with E-state index in [2.05, 4.69) is 33.8 Å². The fourth-order valence-corrected chi connectivity index (χ4v) is 2.83. The molecule has 17 heavy (non-hydrogen) atoms. The van der Waals surface area contributed by atoms with Crippen LogP contribution in [0.2, 0.25) is 0 Å². The number of nitrogens with zero attached hydrogens (tertiary/aromatic N) is 1. The first-order valence-electron chi connectivity index (χ1n) is 5.25. The Balaban J connectivity index is 0.000000722. The molecule has 1 saturated heterocycles. The van der Waals surface area contributed by atoms with E-state index in [-0.39, 0.29) is 24.8 Å². The second-order valence-electron chi connectivity index (χ2n) is 3.82. The van der Waals surface area contributed by atoms with E-state index in [0.717, 1.165) is 23.7 Å². The van der Waals surface area contributed by atoms with Gasteiger partial charge in [-0.3, -0.25) is 0 Å². The van der Waals surface area contributed by atoms with Crippen molar-refractivity contribution in [2.75, 3.05) is 18.4 Å². The maximum atomic E-state index is 4.56. The smallest absolute Gasteiger partial charge is 0.184 e. The number of hydrogen-bond donors (Lipinski definition) is 2. The van der Waals surface area contributed by atoms with Crippen molar-refractivity contribution in [3.8, 4) is 0 Å². The molecule has 2 N–H and O–H groups in total. The third-order valence-corrected chi connectivity index (χ3v) is 3.65. The first kappa shape index (κ1) is 14.5. The van der Waals surface area contributed by atoms with Gasteiger partial charge < -0.3 is 10.6 Å². The second kappa shape index (κ2) is 6.40. The maximum Gasteiger partial charge on any atom is 0.184 e. The number of fused-ring (bicyclic) bond motifs is 1. The number of benzene rings is 1. The summed E-state index contributed by atoms with van der Waals surface area (Å²) in [5.74, 6) is 0. The van der Waals surface area contributed by atoms with Gasteiger partial charge in [0, 0.05) is 12.6 Å². The number of halogens is 2. The Morgan fingerprint density at radius 2 is 2.12 bits per heavy atom. The quantitative estimate of drug-likeness (QED) is 0.893. The van der Waals surface area contributed by atoms with Crippen molar-refractivity contribution in [1.29, 1.82) is 0 Å². The summed E-state index contributed by atoms with van der Waals surface area (Å²) in [6.45, 7) is 2.17. The molecule has 0 aliphatic carbocycles. The zero-order chi connectivity index (χ0) is 10.1. The minimum atomic E-state index is 0. The van der Waals surface area contributed by atoms with Gasteiger partial charge in [0.25, 0.3) is 0 Å². The van der Waals surface area contributed by atoms with E-state index in [1.165, 1.54) is 11.1 Å². The molecule has 3 nitrogen and oxygen atoms in total. The Hall–Kier alpha value is -0.550. The molecule has 1 fully saturated rings. The van der Waals surface area contributed by atoms with Crippen LogP contribution >= 0.6 is 36.2 Å². The van der Waals surface area contributed by atoms with Gasteiger partial charge in [0.15, 0.2) is 5.13 Å². The predicted octanol–water partition coefficient (Wildman–Crippen LogP) is 2.91. The normalized spacial score (nSPS) is 18.5. The first-order valence-corrected chi connectivity index (χ1v) is 6.06. The number of anilines is 1. The van der Waals surface area contributed by atoms with Crippen LogP contribution in [0.15, 0.2) is 24.3 Å². The lowest BCUT2D eigenvalue weighted by Crippen LogP contribution is -2.21. The topological polar surface area (TPSA) is 37.0 Å². The van der Waals surface area contributed by atoms with Gasteiger partial charge in [-0.1, -0.05) is 23.5 Å². The summed E-state index contributed by atoms with van der Waals surface area (Å²) in [7, 11) is 0. The van der Waals surface area contributed by atoms with E-state index in [1.807, 2.05) is 6.07 Å². The van der Waals surface area contributed by atoms with Crippen molar-refractivity contribution in [2.24, 2.45) is 0 Å². The number of rotatable bonds is 2. The Bertz CT molecular complexity index is 435. The number of hydrogen-bond acceptors (Lipinski definition) is 4. The molecule has 1 atom stereocenters. The number of para-hydroxylation sites is 1. The van der Waals surface area contributed by atoms with E-state index in [4.69, 9.17) is 0 Å². The van der Waals surface area contributed by atoms with E-state index >= 15 is 0 Å². The Labute approximate surface area is 117 Å². The van der Waals surface area contributed by atoms with Gasteiger partial charge >= 0.3 is 0 Å². The van der Waals surface area contributed by atoms with Crippen LogP contribution in [0.4, 0.5) is 5.13 Å². The van der Waals surface area contributed by atoms with Crippen LogP contribution in [0.3, 0.4) is 0 Å². The van der Waals surface area contributed by atoms with Crippen LogP contribution < -0.4 is 10.6 Å². The minimum absolute atomic E-state index is 0. The lowest BCUT2D eigenvalue weighted by atomic mass is 10.3. The van der Waals surface area contributed by atoms with Gasteiger partial charge in [-0.15, -0.1) is 24.8 Å². The van der Waals surface area contributed by atoms with Crippen LogP contribution in [0.5, 0.6) is 0 Å². The van der Waals surface area contributed by atoms with Crippen LogP contribution in [0.25, 0.3) is 10.2 Å². The second-order valence-corrected chi connectivity index (χ2v) is 4.85. The first-order chi connectivity index (χ1) is 7.42. The number of thiazole rings is 1. The molecule has 2 heterocycles. The van der Waals surface area contributed by atoms with Gasteiger partial charge in [-0.25, -0.2) is 4.98 Å². The highest BCUT2D eigenvalue weighted by molar-refractivity contribution is 7.22. The largest absolute Gasteiger partial charge is 0.357 e. The maximum absolute atomic E-state index is 4.56. The molecular weight excluding hydrogens is 277 g/mol. The monoisotopic (exact) mass is 291 g/mol. The molecule has 6 heteroatoms. The molecule has 1 aliphatic rings. The molecule has 1 aliphatic heterocycles. The van der Waals surface area contributed by atoms with E-state index in [1.54, 1.807) is 11.3 Å². The molecule has 0 saturated carbocycles. The van der Waals surface area contributed by atoms with E-state index in [9.17, 15) is 0 Å². The highest BCUT2D eigenvalue weighted by Gasteiger charge is 2.15. The van der Waals surface area contributed by atoms with Crippen LogP contribution in [0, 0.1) is 0 Å². The zero-order valence-corrected chi connectivity index (χ0v) is 11.6. The summed E-state index contributed by atoms with van der Waals surface area (Å²) in [5.41, 5.74) is 1.09. The van der Waals surface area contributed by atoms with Crippen molar-refractivity contribution >= 4 is 51.5 Å².